The lowest BCUT2D eigenvalue weighted by atomic mass is 10.1. The lowest BCUT2D eigenvalue weighted by Gasteiger charge is -2.21. The van der Waals surface area contributed by atoms with Crippen molar-refractivity contribution < 1.29 is 25.2 Å². The molecule has 1 unspecified atom stereocenters. The molecule has 5 N–H and O–H groups in total. The van der Waals surface area contributed by atoms with E-state index in [-0.39, 0.29) is 12.5 Å². The van der Waals surface area contributed by atoms with Crippen LogP contribution in [0, 0.1) is 0 Å². The summed E-state index contributed by atoms with van der Waals surface area (Å²) in [5, 5.41) is 37.8. The minimum Gasteiger partial charge on any atom is -0.394 e. The van der Waals surface area contributed by atoms with E-state index in [1.54, 1.807) is 0 Å². The summed E-state index contributed by atoms with van der Waals surface area (Å²) in [6.07, 6.45) is -4.15. The highest BCUT2D eigenvalue weighted by atomic mass is 16.4. The van der Waals surface area contributed by atoms with Crippen LogP contribution in [0.2, 0.25) is 0 Å². The van der Waals surface area contributed by atoms with E-state index in [2.05, 4.69) is 5.32 Å². The van der Waals surface area contributed by atoms with Gasteiger partial charge in [0, 0.05) is 13.5 Å². The molecule has 0 bridgehead atoms. The smallest absolute Gasteiger partial charge is 0.216 e. The van der Waals surface area contributed by atoms with Gasteiger partial charge in [-0.1, -0.05) is 0 Å². The zero-order valence-corrected chi connectivity index (χ0v) is 7.34. The summed E-state index contributed by atoms with van der Waals surface area (Å²) in [5.74, 6) is -0.343. The van der Waals surface area contributed by atoms with Crippen molar-refractivity contribution in [3.05, 3.63) is 0 Å². The van der Waals surface area contributed by atoms with Gasteiger partial charge in [-0.05, 0) is 0 Å². The van der Waals surface area contributed by atoms with Crippen LogP contribution in [-0.2, 0) is 4.79 Å². The largest absolute Gasteiger partial charge is 0.394 e. The molecule has 0 aromatic carbocycles. The second-order valence-electron chi connectivity index (χ2n) is 2.74. The van der Waals surface area contributed by atoms with E-state index in [0.717, 1.165) is 0 Å². The zero-order valence-electron chi connectivity index (χ0n) is 7.34. The maximum Gasteiger partial charge on any atom is 0.216 e. The Morgan fingerprint density at radius 3 is 2.23 bits per heavy atom. The van der Waals surface area contributed by atoms with Gasteiger partial charge in [0.1, 0.15) is 12.2 Å². The Kier molecular flexibility index (Phi) is 5.56. The van der Waals surface area contributed by atoms with E-state index >= 15 is 0 Å². The average Bonchev–Trinajstić information content (AvgIpc) is 2.11. The Bertz CT molecular complexity index is 163. The third-order valence-electron chi connectivity index (χ3n) is 1.54. The molecule has 0 heterocycles. The first-order chi connectivity index (χ1) is 5.99. The molecule has 0 spiro atoms. The summed E-state index contributed by atoms with van der Waals surface area (Å²) in [6.45, 7) is 0.466. The summed E-state index contributed by atoms with van der Waals surface area (Å²) < 4.78 is 0. The van der Waals surface area contributed by atoms with Gasteiger partial charge in [0.15, 0.2) is 0 Å². The van der Waals surface area contributed by atoms with Crippen LogP contribution >= 0.6 is 0 Å². The lowest BCUT2D eigenvalue weighted by molar-refractivity contribution is -0.120. The number of carbonyl (C=O) groups excluding carboxylic acids is 1. The Balaban J connectivity index is 3.81. The molecule has 3 atom stereocenters. The van der Waals surface area contributed by atoms with Crippen molar-refractivity contribution in [3.8, 4) is 0 Å². The van der Waals surface area contributed by atoms with Crippen molar-refractivity contribution in [1.29, 1.82) is 0 Å². The number of carbonyl (C=O) groups is 1. The van der Waals surface area contributed by atoms with Gasteiger partial charge in [0.05, 0.1) is 12.7 Å². The van der Waals surface area contributed by atoms with Crippen molar-refractivity contribution in [2.45, 2.75) is 25.2 Å². The third-order valence-corrected chi connectivity index (χ3v) is 1.54. The minimum absolute atomic E-state index is 0.159. The maximum atomic E-state index is 10.4. The molecule has 0 aromatic rings. The highest BCUT2D eigenvalue weighted by Crippen LogP contribution is 1.98. The van der Waals surface area contributed by atoms with Gasteiger partial charge in [0.25, 0.3) is 0 Å². The average molecular weight is 193 g/mol. The van der Waals surface area contributed by atoms with Crippen LogP contribution in [0.3, 0.4) is 0 Å². The lowest BCUT2D eigenvalue weighted by Crippen LogP contribution is -2.45. The summed E-state index contributed by atoms with van der Waals surface area (Å²) in [4.78, 5) is 10.4. The fourth-order valence-corrected chi connectivity index (χ4v) is 0.733. The number of aliphatic hydroxyl groups is 4. The van der Waals surface area contributed by atoms with Gasteiger partial charge in [-0.15, -0.1) is 0 Å². The van der Waals surface area contributed by atoms with E-state index in [1.165, 1.54) is 6.92 Å². The number of rotatable bonds is 5. The molecular weight excluding hydrogens is 178 g/mol. The van der Waals surface area contributed by atoms with Crippen LogP contribution in [0.4, 0.5) is 0 Å². The van der Waals surface area contributed by atoms with Gasteiger partial charge < -0.3 is 25.7 Å². The molecule has 0 fully saturated rings. The van der Waals surface area contributed by atoms with Crippen molar-refractivity contribution in [2.75, 3.05) is 13.2 Å². The maximum absolute atomic E-state index is 10.4. The van der Waals surface area contributed by atoms with Crippen LogP contribution in [0.1, 0.15) is 6.92 Å². The van der Waals surface area contributed by atoms with Crippen LogP contribution in [0.5, 0.6) is 0 Å². The first-order valence-electron chi connectivity index (χ1n) is 3.88. The van der Waals surface area contributed by atoms with Crippen molar-refractivity contribution in [1.82, 2.24) is 5.32 Å². The second-order valence-corrected chi connectivity index (χ2v) is 2.74. The fourth-order valence-electron chi connectivity index (χ4n) is 0.733. The molecule has 0 aliphatic carbocycles. The van der Waals surface area contributed by atoms with E-state index < -0.39 is 24.9 Å². The van der Waals surface area contributed by atoms with E-state index in [0.29, 0.717) is 0 Å². The molecule has 0 radical (unpaired) electrons. The molecular formula is C7H15NO5. The number of hydrogen-bond donors (Lipinski definition) is 5. The van der Waals surface area contributed by atoms with Crippen LogP contribution in [0.15, 0.2) is 0 Å². The summed E-state index contributed by atoms with van der Waals surface area (Å²) in [5.41, 5.74) is 0. The number of nitrogens with one attached hydrogen (secondary N) is 1. The topological polar surface area (TPSA) is 110 Å². The predicted octanol–water partition coefficient (Wildman–Crippen LogP) is -2.80. The molecule has 0 saturated heterocycles. The molecule has 1 amide bonds. The molecule has 0 saturated carbocycles. The number of amides is 1. The van der Waals surface area contributed by atoms with Crippen molar-refractivity contribution in [3.63, 3.8) is 0 Å². The van der Waals surface area contributed by atoms with Crippen LogP contribution in [0.25, 0.3) is 0 Å². The van der Waals surface area contributed by atoms with Crippen LogP contribution < -0.4 is 5.32 Å². The number of aliphatic hydroxyl groups excluding tert-OH is 4. The Morgan fingerprint density at radius 1 is 1.31 bits per heavy atom. The minimum atomic E-state index is -1.46. The first kappa shape index (κ1) is 12.3. The molecule has 6 nitrogen and oxygen atoms in total. The highest BCUT2D eigenvalue weighted by Gasteiger charge is 2.23. The standard InChI is InChI=1S/C7H15NO5/c1-4(10)8-2-5(11)7(13)6(12)3-9/h5-7,9,11-13H,2-3H2,1H3,(H,8,10)/t5-,6?,7+/m1/s1. The fraction of sp³-hybridized carbons (Fsp3) is 0.857. The monoisotopic (exact) mass is 193 g/mol. The highest BCUT2D eigenvalue weighted by molar-refractivity contribution is 5.72. The molecule has 0 rings (SSSR count). The SMILES string of the molecule is CC(=O)NC[C@@H](O)[C@H](O)C(O)CO. The second kappa shape index (κ2) is 5.87. The van der Waals surface area contributed by atoms with E-state index in [1.807, 2.05) is 0 Å². The van der Waals surface area contributed by atoms with Crippen molar-refractivity contribution >= 4 is 5.91 Å². The van der Waals surface area contributed by atoms with Gasteiger partial charge >= 0.3 is 0 Å². The van der Waals surface area contributed by atoms with E-state index in [4.69, 9.17) is 20.4 Å². The van der Waals surface area contributed by atoms with Gasteiger partial charge in [-0.3, -0.25) is 4.79 Å². The van der Waals surface area contributed by atoms with E-state index in [9.17, 15) is 4.79 Å². The Labute approximate surface area is 75.8 Å². The Hall–Kier alpha value is -0.690. The molecule has 13 heavy (non-hydrogen) atoms. The Morgan fingerprint density at radius 2 is 1.85 bits per heavy atom. The molecule has 0 aliphatic rings. The summed E-state index contributed by atoms with van der Waals surface area (Å²) in [7, 11) is 0. The molecule has 0 aromatic heterocycles. The van der Waals surface area contributed by atoms with Crippen LogP contribution in [-0.4, -0.2) is 57.8 Å². The van der Waals surface area contributed by atoms with Gasteiger partial charge in [-0.2, -0.15) is 0 Å². The number of hydrogen-bond acceptors (Lipinski definition) is 5. The molecule has 78 valence electrons. The summed E-state index contributed by atoms with van der Waals surface area (Å²) >= 11 is 0. The zero-order chi connectivity index (χ0) is 10.4. The molecule has 6 heteroatoms. The third kappa shape index (κ3) is 4.79. The predicted molar refractivity (Wildman–Crippen MR) is 43.8 cm³/mol. The van der Waals surface area contributed by atoms with Gasteiger partial charge in [-0.25, -0.2) is 0 Å². The first-order valence-corrected chi connectivity index (χ1v) is 3.88. The van der Waals surface area contributed by atoms with Crippen molar-refractivity contribution in [2.24, 2.45) is 0 Å². The van der Waals surface area contributed by atoms with Gasteiger partial charge in [0.2, 0.25) is 5.91 Å². The normalized spacial score (nSPS) is 17.6. The summed E-state index contributed by atoms with van der Waals surface area (Å²) in [6, 6.07) is 0. The molecule has 0 aliphatic heterocycles. The quantitative estimate of drug-likeness (QED) is 0.324.